The summed E-state index contributed by atoms with van der Waals surface area (Å²) in [6.45, 7) is 0.693. The van der Waals surface area contributed by atoms with Gasteiger partial charge in [-0.05, 0) is 24.3 Å². The van der Waals surface area contributed by atoms with Crippen LogP contribution in [0.5, 0.6) is 0 Å². The van der Waals surface area contributed by atoms with E-state index in [1.54, 1.807) is 23.0 Å². The van der Waals surface area contributed by atoms with Gasteiger partial charge >= 0.3 is 0 Å². The molecule has 0 spiro atoms. The Morgan fingerprint density at radius 3 is 2.84 bits per heavy atom. The van der Waals surface area contributed by atoms with Gasteiger partial charge in [-0.2, -0.15) is 10.2 Å². The van der Waals surface area contributed by atoms with Crippen molar-refractivity contribution in [2.24, 2.45) is 0 Å². The molecule has 0 aliphatic rings. The fraction of sp³-hybridized carbons (Fsp3) is 0.0909. The number of nitrogens with zero attached hydrogens (tertiary/aromatic N) is 4. The number of aromatic amines is 1. The van der Waals surface area contributed by atoms with Gasteiger partial charge in [0.25, 0.3) is 5.91 Å². The standard InChI is InChI=1S/C22H18FN7O/c23-17-4-2-1-3-15(17)22(31)25-9-10-30-12-16-14-6-5-13(18-7-8-26-28-18)11-19(14)27-21(24)20(16)29-30/h1-8,11-12H,9-10H2,(H2,24,27)(H,25,31)(H,26,28). The molecule has 3 aromatic heterocycles. The van der Waals surface area contributed by atoms with Crippen molar-refractivity contribution in [3.8, 4) is 11.3 Å². The van der Waals surface area contributed by atoms with Gasteiger partial charge in [-0.3, -0.25) is 14.6 Å². The van der Waals surface area contributed by atoms with Crippen LogP contribution in [0.3, 0.4) is 0 Å². The smallest absolute Gasteiger partial charge is 0.254 e. The van der Waals surface area contributed by atoms with Crippen molar-refractivity contribution < 1.29 is 9.18 Å². The van der Waals surface area contributed by atoms with E-state index in [1.165, 1.54) is 12.1 Å². The summed E-state index contributed by atoms with van der Waals surface area (Å²) in [5.41, 5.74) is 9.37. The highest BCUT2D eigenvalue weighted by Gasteiger charge is 2.13. The number of benzene rings is 2. The number of nitrogen functional groups attached to an aromatic ring is 1. The van der Waals surface area contributed by atoms with Crippen molar-refractivity contribution >= 4 is 33.5 Å². The molecule has 0 aliphatic heterocycles. The number of carbonyl (C=O) groups excluding carboxylic acids is 1. The third-order valence-electron chi connectivity index (χ3n) is 5.09. The van der Waals surface area contributed by atoms with E-state index in [0.717, 1.165) is 27.5 Å². The minimum Gasteiger partial charge on any atom is -0.382 e. The van der Waals surface area contributed by atoms with Crippen LogP contribution >= 0.6 is 0 Å². The number of halogens is 1. The van der Waals surface area contributed by atoms with Gasteiger partial charge in [-0.25, -0.2) is 9.37 Å². The molecule has 2 aromatic carbocycles. The molecule has 5 rings (SSSR count). The molecule has 0 bridgehead atoms. The first-order valence-corrected chi connectivity index (χ1v) is 9.69. The number of fused-ring (bicyclic) bond motifs is 3. The van der Waals surface area contributed by atoms with Crippen molar-refractivity contribution in [3.05, 3.63) is 72.3 Å². The number of nitrogens with one attached hydrogen (secondary N) is 2. The molecule has 0 saturated carbocycles. The maximum absolute atomic E-state index is 13.7. The van der Waals surface area contributed by atoms with Gasteiger partial charge in [0.15, 0.2) is 5.82 Å². The summed E-state index contributed by atoms with van der Waals surface area (Å²) in [7, 11) is 0. The van der Waals surface area contributed by atoms with Crippen molar-refractivity contribution in [3.63, 3.8) is 0 Å². The maximum Gasteiger partial charge on any atom is 0.254 e. The Morgan fingerprint density at radius 1 is 1.16 bits per heavy atom. The lowest BCUT2D eigenvalue weighted by atomic mass is 10.1. The van der Waals surface area contributed by atoms with Crippen LogP contribution < -0.4 is 11.1 Å². The van der Waals surface area contributed by atoms with E-state index in [1.807, 2.05) is 30.5 Å². The average Bonchev–Trinajstić information content (AvgIpc) is 3.44. The molecular weight excluding hydrogens is 397 g/mol. The Bertz CT molecular complexity index is 1410. The second-order valence-electron chi connectivity index (χ2n) is 7.09. The summed E-state index contributed by atoms with van der Waals surface area (Å²) in [6.07, 6.45) is 3.57. The van der Waals surface area contributed by atoms with Crippen LogP contribution in [-0.4, -0.2) is 37.4 Å². The Labute approximate surface area is 175 Å². The zero-order valence-corrected chi connectivity index (χ0v) is 16.3. The highest BCUT2D eigenvalue weighted by Crippen LogP contribution is 2.29. The lowest BCUT2D eigenvalue weighted by Crippen LogP contribution is -2.28. The zero-order valence-electron chi connectivity index (χ0n) is 16.3. The number of carbonyl (C=O) groups is 1. The Hall–Kier alpha value is -4.27. The molecule has 0 aliphatic carbocycles. The molecule has 8 nitrogen and oxygen atoms in total. The molecule has 154 valence electrons. The van der Waals surface area contributed by atoms with Crippen molar-refractivity contribution in [1.29, 1.82) is 0 Å². The molecule has 5 aromatic rings. The van der Waals surface area contributed by atoms with E-state index in [9.17, 15) is 9.18 Å². The monoisotopic (exact) mass is 415 g/mol. The molecule has 31 heavy (non-hydrogen) atoms. The molecule has 0 unspecified atom stereocenters. The lowest BCUT2D eigenvalue weighted by Gasteiger charge is -2.06. The van der Waals surface area contributed by atoms with Gasteiger partial charge in [-0.15, -0.1) is 0 Å². The average molecular weight is 415 g/mol. The van der Waals surface area contributed by atoms with Crippen LogP contribution in [0.1, 0.15) is 10.4 Å². The van der Waals surface area contributed by atoms with Crippen LogP contribution in [-0.2, 0) is 6.54 Å². The minimum absolute atomic E-state index is 0.0145. The maximum atomic E-state index is 13.7. The predicted octanol–water partition coefficient (Wildman–Crippen LogP) is 3.13. The molecule has 3 heterocycles. The number of hydrogen-bond acceptors (Lipinski definition) is 5. The summed E-state index contributed by atoms with van der Waals surface area (Å²) < 4.78 is 15.4. The number of anilines is 1. The molecule has 0 radical (unpaired) electrons. The molecule has 0 atom stereocenters. The summed E-state index contributed by atoms with van der Waals surface area (Å²) >= 11 is 0. The Kier molecular flexibility index (Phi) is 4.55. The SMILES string of the molecule is Nc1nc2cc(-c3ccn[nH]3)ccc2c2cn(CCNC(=O)c3ccccc3F)nc12. The summed E-state index contributed by atoms with van der Waals surface area (Å²) in [4.78, 5) is 16.7. The Morgan fingerprint density at radius 2 is 2.03 bits per heavy atom. The van der Waals surface area contributed by atoms with Gasteiger partial charge in [0.05, 0.1) is 23.3 Å². The minimum atomic E-state index is -0.551. The molecule has 0 saturated heterocycles. The second kappa shape index (κ2) is 7.52. The van der Waals surface area contributed by atoms with Gasteiger partial charge in [-0.1, -0.05) is 24.3 Å². The van der Waals surface area contributed by atoms with Crippen LogP contribution in [0.25, 0.3) is 33.1 Å². The topological polar surface area (TPSA) is 115 Å². The fourth-order valence-electron chi connectivity index (χ4n) is 3.57. The number of amides is 1. The van der Waals surface area contributed by atoms with E-state index in [0.29, 0.717) is 17.9 Å². The van der Waals surface area contributed by atoms with Crippen LogP contribution in [0.15, 0.2) is 60.9 Å². The van der Waals surface area contributed by atoms with E-state index < -0.39 is 11.7 Å². The van der Waals surface area contributed by atoms with Gasteiger partial charge in [0.2, 0.25) is 0 Å². The summed E-state index contributed by atoms with van der Waals surface area (Å²) in [5.74, 6) is -0.684. The number of aromatic nitrogens is 5. The number of nitrogens with two attached hydrogens (primary N) is 1. The van der Waals surface area contributed by atoms with Crippen molar-refractivity contribution in [2.75, 3.05) is 12.3 Å². The summed E-state index contributed by atoms with van der Waals surface area (Å²) in [5, 5.41) is 15.9. The van der Waals surface area contributed by atoms with Gasteiger partial charge in [0.1, 0.15) is 11.3 Å². The molecular formula is C22H18FN7O. The van der Waals surface area contributed by atoms with E-state index in [2.05, 4.69) is 25.6 Å². The third kappa shape index (κ3) is 3.46. The normalized spacial score (nSPS) is 11.3. The molecule has 9 heteroatoms. The predicted molar refractivity (Wildman–Crippen MR) is 116 cm³/mol. The number of hydrogen-bond donors (Lipinski definition) is 3. The molecule has 4 N–H and O–H groups in total. The van der Waals surface area contributed by atoms with E-state index >= 15 is 0 Å². The molecule has 1 amide bonds. The first-order valence-electron chi connectivity index (χ1n) is 9.69. The fourth-order valence-corrected chi connectivity index (χ4v) is 3.57. The summed E-state index contributed by atoms with van der Waals surface area (Å²) in [6, 6.07) is 13.7. The van der Waals surface area contributed by atoms with E-state index in [-0.39, 0.29) is 12.1 Å². The van der Waals surface area contributed by atoms with Crippen LogP contribution in [0, 0.1) is 5.82 Å². The largest absolute Gasteiger partial charge is 0.382 e. The van der Waals surface area contributed by atoms with Crippen molar-refractivity contribution in [2.45, 2.75) is 6.54 Å². The van der Waals surface area contributed by atoms with Crippen LogP contribution in [0.4, 0.5) is 10.2 Å². The zero-order chi connectivity index (χ0) is 21.4. The first-order chi connectivity index (χ1) is 15.1. The van der Waals surface area contributed by atoms with Gasteiger partial charge in [0, 0.05) is 35.3 Å². The van der Waals surface area contributed by atoms with Crippen LogP contribution in [0.2, 0.25) is 0 Å². The Balaban J connectivity index is 1.39. The highest BCUT2D eigenvalue weighted by atomic mass is 19.1. The second-order valence-corrected chi connectivity index (χ2v) is 7.09. The molecule has 0 fully saturated rings. The quantitative estimate of drug-likeness (QED) is 0.408. The first kappa shape index (κ1) is 18.7. The number of rotatable bonds is 5. The third-order valence-corrected chi connectivity index (χ3v) is 5.09. The lowest BCUT2D eigenvalue weighted by molar-refractivity contribution is 0.0948. The van der Waals surface area contributed by atoms with E-state index in [4.69, 9.17) is 5.73 Å². The van der Waals surface area contributed by atoms with Crippen molar-refractivity contribution in [1.82, 2.24) is 30.3 Å². The van der Waals surface area contributed by atoms with Gasteiger partial charge < -0.3 is 11.1 Å². The number of H-pyrrole nitrogens is 1. The number of pyridine rings is 1. The highest BCUT2D eigenvalue weighted by molar-refractivity contribution is 6.08.